The van der Waals surface area contributed by atoms with Crippen molar-refractivity contribution in [3.63, 3.8) is 0 Å². The van der Waals surface area contributed by atoms with E-state index in [2.05, 4.69) is 11.4 Å². The molecule has 1 amide bonds. The Hall–Kier alpha value is -2.27. The number of nitrogens with one attached hydrogen (secondary N) is 1. The average molecular weight is 315 g/mol. The highest BCUT2D eigenvalue weighted by molar-refractivity contribution is 7.09. The van der Waals surface area contributed by atoms with Crippen LogP contribution in [0.15, 0.2) is 40.1 Å². The van der Waals surface area contributed by atoms with Crippen LogP contribution in [0, 0.1) is 6.92 Å². The highest BCUT2D eigenvalue weighted by Gasteiger charge is 2.18. The topological polar surface area (TPSA) is 51.5 Å². The van der Waals surface area contributed by atoms with Crippen LogP contribution in [-0.2, 0) is 6.42 Å². The Bertz CT molecular complexity index is 790. The fraction of sp³-hybridized carbons (Fsp3) is 0.235. The summed E-state index contributed by atoms with van der Waals surface area (Å²) in [4.78, 5) is 13.7. The van der Waals surface area contributed by atoms with Crippen molar-refractivity contribution >= 4 is 28.2 Å². The first-order valence-electron chi connectivity index (χ1n) is 7.07. The first kappa shape index (κ1) is 14.7. The lowest BCUT2D eigenvalue weighted by Crippen LogP contribution is -2.25. The van der Waals surface area contributed by atoms with Gasteiger partial charge in [0, 0.05) is 16.8 Å². The highest BCUT2D eigenvalue weighted by Crippen LogP contribution is 2.28. The van der Waals surface area contributed by atoms with Gasteiger partial charge in [-0.2, -0.15) is 0 Å². The second kappa shape index (κ2) is 6.23. The Morgan fingerprint density at radius 1 is 1.36 bits per heavy atom. The third-order valence-electron chi connectivity index (χ3n) is 3.54. The second-order valence-electron chi connectivity index (χ2n) is 4.98. The van der Waals surface area contributed by atoms with Gasteiger partial charge in [-0.1, -0.05) is 6.07 Å². The average Bonchev–Trinajstić information content (AvgIpc) is 3.12. The zero-order chi connectivity index (χ0) is 15.5. The van der Waals surface area contributed by atoms with Gasteiger partial charge in [0.15, 0.2) is 0 Å². The fourth-order valence-corrected chi connectivity index (χ4v) is 3.16. The van der Waals surface area contributed by atoms with Gasteiger partial charge in [-0.25, -0.2) is 0 Å². The number of rotatable bonds is 5. The van der Waals surface area contributed by atoms with E-state index in [0.717, 1.165) is 11.8 Å². The Morgan fingerprint density at radius 3 is 2.95 bits per heavy atom. The van der Waals surface area contributed by atoms with Gasteiger partial charge < -0.3 is 14.5 Å². The predicted molar refractivity (Wildman–Crippen MR) is 87.9 cm³/mol. The predicted octanol–water partition coefficient (Wildman–Crippen LogP) is 3.78. The first-order chi connectivity index (χ1) is 10.7. The number of carbonyl (C=O) groups excluding carboxylic acids is 1. The smallest absolute Gasteiger partial charge is 0.255 e. The number of carbonyl (C=O) groups is 1. The molecule has 0 saturated heterocycles. The Labute approximate surface area is 132 Å². The summed E-state index contributed by atoms with van der Waals surface area (Å²) in [5, 5.41) is 5.78. The SMILES string of the molecule is COc1ccc2oc(C)c(C(=O)NCCc3cccs3)c2c1. The number of methoxy groups -OCH3 is 1. The van der Waals surface area contributed by atoms with Crippen LogP contribution in [-0.4, -0.2) is 19.6 Å². The van der Waals surface area contributed by atoms with E-state index < -0.39 is 0 Å². The lowest BCUT2D eigenvalue weighted by atomic mass is 10.1. The largest absolute Gasteiger partial charge is 0.497 e. The summed E-state index contributed by atoms with van der Waals surface area (Å²) in [6.45, 7) is 2.41. The Morgan fingerprint density at radius 2 is 2.23 bits per heavy atom. The highest BCUT2D eigenvalue weighted by atomic mass is 32.1. The van der Waals surface area contributed by atoms with Gasteiger partial charge in [0.2, 0.25) is 0 Å². The molecule has 1 aromatic carbocycles. The van der Waals surface area contributed by atoms with Crippen LogP contribution >= 0.6 is 11.3 Å². The van der Waals surface area contributed by atoms with Gasteiger partial charge in [-0.05, 0) is 43.0 Å². The van der Waals surface area contributed by atoms with Crippen molar-refractivity contribution in [2.75, 3.05) is 13.7 Å². The summed E-state index contributed by atoms with van der Waals surface area (Å²) in [7, 11) is 1.61. The van der Waals surface area contributed by atoms with E-state index in [9.17, 15) is 4.79 Å². The quantitative estimate of drug-likeness (QED) is 0.779. The molecule has 0 aliphatic rings. The minimum atomic E-state index is -0.110. The molecular weight excluding hydrogens is 298 g/mol. The molecule has 3 rings (SSSR count). The summed E-state index contributed by atoms with van der Waals surface area (Å²) >= 11 is 1.70. The van der Waals surface area contributed by atoms with Gasteiger partial charge in [-0.3, -0.25) is 4.79 Å². The summed E-state index contributed by atoms with van der Waals surface area (Å²) < 4.78 is 10.9. The summed E-state index contributed by atoms with van der Waals surface area (Å²) in [5.74, 6) is 1.22. The van der Waals surface area contributed by atoms with Crippen LogP contribution in [0.2, 0.25) is 0 Å². The number of hydrogen-bond donors (Lipinski definition) is 1. The van der Waals surface area contributed by atoms with Gasteiger partial charge in [0.25, 0.3) is 5.91 Å². The molecule has 0 fully saturated rings. The molecule has 0 saturated carbocycles. The van der Waals surface area contributed by atoms with Crippen molar-refractivity contribution in [2.45, 2.75) is 13.3 Å². The Kier molecular flexibility index (Phi) is 4.15. The Balaban J connectivity index is 1.79. The summed E-state index contributed by atoms with van der Waals surface area (Å²) in [5.41, 5.74) is 1.28. The van der Waals surface area contributed by atoms with E-state index in [1.807, 2.05) is 29.6 Å². The minimum absolute atomic E-state index is 0.110. The number of thiophene rings is 1. The molecule has 0 aliphatic carbocycles. The van der Waals surface area contributed by atoms with Gasteiger partial charge in [0.1, 0.15) is 17.1 Å². The third-order valence-corrected chi connectivity index (χ3v) is 4.47. The molecule has 0 aliphatic heterocycles. The van der Waals surface area contributed by atoms with E-state index in [-0.39, 0.29) is 5.91 Å². The lowest BCUT2D eigenvalue weighted by Gasteiger charge is -2.04. The maximum atomic E-state index is 12.5. The maximum absolute atomic E-state index is 12.5. The van der Waals surface area contributed by atoms with Crippen LogP contribution < -0.4 is 10.1 Å². The molecule has 1 N–H and O–H groups in total. The molecule has 5 heteroatoms. The van der Waals surface area contributed by atoms with Crippen molar-refractivity contribution in [2.24, 2.45) is 0 Å². The zero-order valence-corrected chi connectivity index (χ0v) is 13.3. The molecule has 0 unspecified atom stereocenters. The lowest BCUT2D eigenvalue weighted by molar-refractivity contribution is 0.0954. The molecule has 2 heterocycles. The standard InChI is InChI=1S/C17H17NO3S/c1-11-16(14-10-12(20-2)5-6-15(14)21-11)17(19)18-8-7-13-4-3-9-22-13/h3-6,9-10H,7-8H2,1-2H3,(H,18,19). The van der Waals surface area contributed by atoms with Crippen LogP contribution in [0.3, 0.4) is 0 Å². The van der Waals surface area contributed by atoms with E-state index in [4.69, 9.17) is 9.15 Å². The molecule has 3 aromatic rings. The van der Waals surface area contributed by atoms with Crippen molar-refractivity contribution in [3.8, 4) is 5.75 Å². The molecule has 114 valence electrons. The second-order valence-corrected chi connectivity index (χ2v) is 6.01. The minimum Gasteiger partial charge on any atom is -0.497 e. The first-order valence-corrected chi connectivity index (χ1v) is 7.94. The number of aryl methyl sites for hydroxylation is 1. The van der Waals surface area contributed by atoms with Crippen molar-refractivity contribution in [1.82, 2.24) is 5.32 Å². The number of benzene rings is 1. The maximum Gasteiger partial charge on any atom is 0.255 e. The van der Waals surface area contributed by atoms with E-state index in [1.165, 1.54) is 4.88 Å². The molecule has 0 atom stereocenters. The monoisotopic (exact) mass is 315 g/mol. The van der Waals surface area contributed by atoms with Gasteiger partial charge in [-0.15, -0.1) is 11.3 Å². The van der Waals surface area contributed by atoms with Crippen molar-refractivity contribution in [3.05, 3.63) is 51.9 Å². The van der Waals surface area contributed by atoms with E-state index in [0.29, 0.717) is 29.2 Å². The number of hydrogen-bond acceptors (Lipinski definition) is 4. The van der Waals surface area contributed by atoms with Crippen LogP contribution in [0.5, 0.6) is 5.75 Å². The normalized spacial score (nSPS) is 10.8. The molecule has 2 aromatic heterocycles. The van der Waals surface area contributed by atoms with Crippen LogP contribution in [0.1, 0.15) is 21.0 Å². The van der Waals surface area contributed by atoms with E-state index in [1.54, 1.807) is 25.4 Å². The number of ether oxygens (including phenoxy) is 1. The van der Waals surface area contributed by atoms with E-state index >= 15 is 0 Å². The molecule has 0 bridgehead atoms. The third kappa shape index (κ3) is 2.85. The van der Waals surface area contributed by atoms with Gasteiger partial charge in [0.05, 0.1) is 12.7 Å². The van der Waals surface area contributed by atoms with Crippen molar-refractivity contribution in [1.29, 1.82) is 0 Å². The molecule has 0 radical (unpaired) electrons. The molecule has 0 spiro atoms. The van der Waals surface area contributed by atoms with Crippen LogP contribution in [0.25, 0.3) is 11.0 Å². The molecule has 22 heavy (non-hydrogen) atoms. The number of amides is 1. The summed E-state index contributed by atoms with van der Waals surface area (Å²) in [6.07, 6.45) is 0.835. The number of furan rings is 1. The summed E-state index contributed by atoms with van der Waals surface area (Å²) in [6, 6.07) is 9.56. The molecule has 4 nitrogen and oxygen atoms in total. The number of fused-ring (bicyclic) bond motifs is 1. The zero-order valence-electron chi connectivity index (χ0n) is 12.5. The van der Waals surface area contributed by atoms with Gasteiger partial charge >= 0.3 is 0 Å². The van der Waals surface area contributed by atoms with Crippen molar-refractivity contribution < 1.29 is 13.9 Å². The molecular formula is C17H17NO3S. The van der Waals surface area contributed by atoms with Crippen LogP contribution in [0.4, 0.5) is 0 Å². The fourth-order valence-electron chi connectivity index (χ4n) is 2.45.